The zero-order valence-electron chi connectivity index (χ0n) is 13.1. The molecule has 0 saturated heterocycles. The van der Waals surface area contributed by atoms with Gasteiger partial charge in [-0.1, -0.05) is 15.9 Å². The van der Waals surface area contributed by atoms with Gasteiger partial charge in [-0.15, -0.1) is 0 Å². The van der Waals surface area contributed by atoms with Crippen LogP contribution in [0, 0.1) is 0 Å². The molecule has 0 heterocycles. The fourth-order valence-corrected chi connectivity index (χ4v) is 2.28. The average Bonchev–Trinajstić information content (AvgIpc) is 2.57. The predicted octanol–water partition coefficient (Wildman–Crippen LogP) is 3.91. The Morgan fingerprint density at radius 3 is 2.48 bits per heavy atom. The number of hydrogen-bond acceptors (Lipinski definition) is 4. The molecule has 2 aromatic carbocycles. The van der Waals surface area contributed by atoms with Crippen molar-refractivity contribution >= 4 is 33.2 Å². The van der Waals surface area contributed by atoms with Gasteiger partial charge in [0.05, 0.1) is 19.9 Å². The normalized spacial score (nSPS) is 10.0. The molecule has 0 aliphatic heterocycles. The van der Waals surface area contributed by atoms with E-state index < -0.39 is 0 Å². The van der Waals surface area contributed by atoms with Gasteiger partial charge in [0, 0.05) is 29.2 Å². The fraction of sp³-hybridized carbons (Fsp3) is 0.235. The number of nitrogens with one attached hydrogen (secondary N) is 2. The Bertz CT molecular complexity index is 659. The molecule has 0 saturated carbocycles. The Morgan fingerprint density at radius 2 is 1.83 bits per heavy atom. The molecule has 0 radical (unpaired) electrons. The fourth-order valence-electron chi connectivity index (χ4n) is 2.02. The molecule has 5 nitrogen and oxygen atoms in total. The molecule has 0 spiro atoms. The van der Waals surface area contributed by atoms with Crippen molar-refractivity contribution in [2.24, 2.45) is 0 Å². The van der Waals surface area contributed by atoms with Crippen molar-refractivity contribution in [3.63, 3.8) is 0 Å². The maximum Gasteiger partial charge on any atom is 0.226 e. The van der Waals surface area contributed by atoms with Crippen LogP contribution in [-0.2, 0) is 4.79 Å². The van der Waals surface area contributed by atoms with E-state index in [4.69, 9.17) is 9.47 Å². The van der Waals surface area contributed by atoms with Gasteiger partial charge in [-0.3, -0.25) is 4.79 Å². The van der Waals surface area contributed by atoms with Gasteiger partial charge in [0.25, 0.3) is 0 Å². The first-order valence-electron chi connectivity index (χ1n) is 7.13. The van der Waals surface area contributed by atoms with Crippen LogP contribution in [0.4, 0.5) is 11.4 Å². The number of halogens is 1. The van der Waals surface area contributed by atoms with E-state index in [0.717, 1.165) is 21.6 Å². The summed E-state index contributed by atoms with van der Waals surface area (Å²) in [6, 6.07) is 12.9. The Kier molecular flexibility index (Phi) is 6.29. The van der Waals surface area contributed by atoms with Crippen molar-refractivity contribution in [3.05, 3.63) is 46.9 Å². The van der Waals surface area contributed by atoms with Crippen LogP contribution in [0.1, 0.15) is 6.42 Å². The van der Waals surface area contributed by atoms with Crippen LogP contribution in [-0.4, -0.2) is 26.7 Å². The lowest BCUT2D eigenvalue weighted by molar-refractivity contribution is -0.115. The minimum absolute atomic E-state index is 0.0540. The van der Waals surface area contributed by atoms with Crippen LogP contribution in [0.2, 0.25) is 0 Å². The largest absolute Gasteiger partial charge is 0.497 e. The van der Waals surface area contributed by atoms with Crippen molar-refractivity contribution in [1.29, 1.82) is 0 Å². The Labute approximate surface area is 144 Å². The molecular weight excluding hydrogens is 360 g/mol. The highest BCUT2D eigenvalue weighted by molar-refractivity contribution is 9.10. The number of rotatable bonds is 7. The molecule has 0 unspecified atom stereocenters. The molecule has 0 atom stereocenters. The summed E-state index contributed by atoms with van der Waals surface area (Å²) >= 11 is 3.36. The van der Waals surface area contributed by atoms with Crippen molar-refractivity contribution in [2.45, 2.75) is 6.42 Å². The van der Waals surface area contributed by atoms with E-state index in [1.807, 2.05) is 42.5 Å². The molecule has 0 fully saturated rings. The molecule has 0 aliphatic rings. The van der Waals surface area contributed by atoms with E-state index in [2.05, 4.69) is 26.6 Å². The smallest absolute Gasteiger partial charge is 0.226 e. The standard InChI is InChI=1S/C17H19BrN2O3/c1-22-14-7-8-16(23-2)15(11-14)19-10-9-17(21)20-13-5-3-12(18)4-6-13/h3-8,11,19H,9-10H2,1-2H3,(H,20,21). The molecule has 0 bridgehead atoms. The van der Waals surface area contributed by atoms with Crippen molar-refractivity contribution in [2.75, 3.05) is 31.4 Å². The van der Waals surface area contributed by atoms with Gasteiger partial charge >= 0.3 is 0 Å². The lowest BCUT2D eigenvalue weighted by atomic mass is 10.2. The number of amides is 1. The van der Waals surface area contributed by atoms with Crippen LogP contribution in [0.5, 0.6) is 11.5 Å². The Hall–Kier alpha value is -2.21. The molecule has 2 aromatic rings. The number of carbonyl (C=O) groups is 1. The van der Waals surface area contributed by atoms with E-state index in [-0.39, 0.29) is 5.91 Å². The summed E-state index contributed by atoms with van der Waals surface area (Å²) in [4.78, 5) is 11.9. The van der Waals surface area contributed by atoms with E-state index in [9.17, 15) is 4.79 Å². The molecule has 23 heavy (non-hydrogen) atoms. The maximum atomic E-state index is 11.9. The lowest BCUT2D eigenvalue weighted by Gasteiger charge is -2.12. The summed E-state index contributed by atoms with van der Waals surface area (Å²) in [5, 5.41) is 6.04. The van der Waals surface area contributed by atoms with E-state index in [1.54, 1.807) is 14.2 Å². The third-order valence-electron chi connectivity index (χ3n) is 3.20. The second kappa shape index (κ2) is 8.43. The highest BCUT2D eigenvalue weighted by Gasteiger charge is 2.06. The van der Waals surface area contributed by atoms with E-state index in [1.165, 1.54) is 0 Å². The highest BCUT2D eigenvalue weighted by atomic mass is 79.9. The van der Waals surface area contributed by atoms with Crippen LogP contribution in [0.3, 0.4) is 0 Å². The van der Waals surface area contributed by atoms with Gasteiger partial charge < -0.3 is 20.1 Å². The first-order chi connectivity index (χ1) is 11.1. The van der Waals surface area contributed by atoms with Crippen LogP contribution in [0.25, 0.3) is 0 Å². The Morgan fingerprint density at radius 1 is 1.09 bits per heavy atom. The SMILES string of the molecule is COc1ccc(OC)c(NCCC(=O)Nc2ccc(Br)cc2)c1. The summed E-state index contributed by atoms with van der Waals surface area (Å²) < 4.78 is 11.5. The third-order valence-corrected chi connectivity index (χ3v) is 3.73. The quantitative estimate of drug-likeness (QED) is 0.766. The van der Waals surface area contributed by atoms with E-state index >= 15 is 0 Å². The van der Waals surface area contributed by atoms with Gasteiger partial charge in [-0.25, -0.2) is 0 Å². The number of anilines is 2. The summed E-state index contributed by atoms with van der Waals surface area (Å²) in [5.74, 6) is 1.38. The van der Waals surface area contributed by atoms with Gasteiger partial charge in [-0.05, 0) is 36.4 Å². The van der Waals surface area contributed by atoms with Gasteiger partial charge in [-0.2, -0.15) is 0 Å². The lowest BCUT2D eigenvalue weighted by Crippen LogP contribution is -2.16. The number of carbonyl (C=O) groups excluding carboxylic acids is 1. The first-order valence-corrected chi connectivity index (χ1v) is 7.93. The zero-order chi connectivity index (χ0) is 16.7. The first kappa shape index (κ1) is 17.1. The molecule has 1 amide bonds. The number of ether oxygens (including phenoxy) is 2. The predicted molar refractivity (Wildman–Crippen MR) is 95.4 cm³/mol. The number of methoxy groups -OCH3 is 2. The summed E-state index contributed by atoms with van der Waals surface area (Å²) in [7, 11) is 3.21. The van der Waals surface area contributed by atoms with Crippen LogP contribution < -0.4 is 20.1 Å². The number of hydrogen-bond donors (Lipinski definition) is 2. The summed E-state index contributed by atoms with van der Waals surface area (Å²) in [6.45, 7) is 0.492. The van der Waals surface area contributed by atoms with Crippen molar-refractivity contribution < 1.29 is 14.3 Å². The molecule has 6 heteroatoms. The van der Waals surface area contributed by atoms with Gasteiger partial charge in [0.2, 0.25) is 5.91 Å². The zero-order valence-corrected chi connectivity index (χ0v) is 14.6. The third kappa shape index (κ3) is 5.17. The van der Waals surface area contributed by atoms with Crippen molar-refractivity contribution in [3.8, 4) is 11.5 Å². The molecule has 2 N–H and O–H groups in total. The highest BCUT2D eigenvalue weighted by Crippen LogP contribution is 2.28. The topological polar surface area (TPSA) is 59.6 Å². The number of benzene rings is 2. The van der Waals surface area contributed by atoms with Crippen molar-refractivity contribution in [1.82, 2.24) is 0 Å². The molecule has 0 aliphatic carbocycles. The second-order valence-electron chi connectivity index (χ2n) is 4.80. The maximum absolute atomic E-state index is 11.9. The molecule has 122 valence electrons. The second-order valence-corrected chi connectivity index (χ2v) is 5.71. The molecular formula is C17H19BrN2O3. The minimum Gasteiger partial charge on any atom is -0.497 e. The Balaban J connectivity index is 1.86. The molecule has 0 aromatic heterocycles. The van der Waals surface area contributed by atoms with Crippen LogP contribution >= 0.6 is 15.9 Å². The summed E-state index contributed by atoms with van der Waals surface area (Å²) in [5.41, 5.74) is 1.57. The van der Waals surface area contributed by atoms with E-state index in [0.29, 0.717) is 18.7 Å². The van der Waals surface area contributed by atoms with Crippen LogP contribution in [0.15, 0.2) is 46.9 Å². The van der Waals surface area contributed by atoms with Gasteiger partial charge in [0.1, 0.15) is 11.5 Å². The average molecular weight is 379 g/mol. The van der Waals surface area contributed by atoms with Gasteiger partial charge in [0.15, 0.2) is 0 Å². The monoisotopic (exact) mass is 378 g/mol. The minimum atomic E-state index is -0.0540. The summed E-state index contributed by atoms with van der Waals surface area (Å²) in [6.07, 6.45) is 0.344. The molecule has 2 rings (SSSR count).